The van der Waals surface area contributed by atoms with Gasteiger partial charge in [-0.2, -0.15) is 5.10 Å². The second-order valence-corrected chi connectivity index (χ2v) is 11.1. The van der Waals surface area contributed by atoms with Crippen molar-refractivity contribution in [1.82, 2.24) is 15.1 Å². The number of anilines is 1. The molecule has 1 aliphatic heterocycles. The molecule has 1 atom stereocenters. The van der Waals surface area contributed by atoms with Gasteiger partial charge in [0.05, 0.1) is 22.4 Å². The van der Waals surface area contributed by atoms with Crippen molar-refractivity contribution in [3.63, 3.8) is 0 Å². The minimum absolute atomic E-state index is 0.0281. The number of aryl methyl sites for hydroxylation is 2. The highest BCUT2D eigenvalue weighted by atomic mass is 32.2. The molecular formula is C31H32N4O2S. The van der Waals surface area contributed by atoms with Crippen molar-refractivity contribution in [2.75, 3.05) is 17.2 Å². The van der Waals surface area contributed by atoms with Crippen LogP contribution in [0, 0.1) is 13.8 Å². The van der Waals surface area contributed by atoms with Crippen LogP contribution in [0.25, 0.3) is 16.9 Å². The summed E-state index contributed by atoms with van der Waals surface area (Å²) in [6, 6.07) is 26.5. The highest BCUT2D eigenvalue weighted by Gasteiger charge is 2.38. The number of thioether (sulfide) groups is 1. The normalized spacial score (nSPS) is 15.3. The first-order chi connectivity index (χ1) is 18.3. The van der Waals surface area contributed by atoms with Crippen LogP contribution in [-0.4, -0.2) is 39.9 Å². The Morgan fingerprint density at radius 1 is 1.03 bits per heavy atom. The van der Waals surface area contributed by atoms with Crippen molar-refractivity contribution in [3.05, 3.63) is 101 Å². The average molecular weight is 525 g/mol. The van der Waals surface area contributed by atoms with Gasteiger partial charge in [-0.15, -0.1) is 11.8 Å². The Morgan fingerprint density at radius 3 is 2.47 bits per heavy atom. The number of amides is 2. The molecule has 38 heavy (non-hydrogen) atoms. The van der Waals surface area contributed by atoms with Crippen LogP contribution in [-0.2, 0) is 9.59 Å². The van der Waals surface area contributed by atoms with Crippen molar-refractivity contribution >= 4 is 29.4 Å². The van der Waals surface area contributed by atoms with Crippen LogP contribution in [0.4, 0.5) is 5.82 Å². The van der Waals surface area contributed by atoms with Crippen molar-refractivity contribution in [3.8, 4) is 16.9 Å². The molecule has 194 valence electrons. The van der Waals surface area contributed by atoms with E-state index in [0.29, 0.717) is 5.82 Å². The number of rotatable bonds is 6. The van der Waals surface area contributed by atoms with E-state index < -0.39 is 0 Å². The van der Waals surface area contributed by atoms with E-state index in [1.165, 1.54) is 0 Å². The highest BCUT2D eigenvalue weighted by molar-refractivity contribution is 8.00. The summed E-state index contributed by atoms with van der Waals surface area (Å²) in [4.78, 5) is 28.4. The Bertz CT molecular complexity index is 1480. The lowest BCUT2D eigenvalue weighted by atomic mass is 9.98. The maximum atomic E-state index is 13.7. The molecule has 0 saturated carbocycles. The molecule has 0 saturated heterocycles. The highest BCUT2D eigenvalue weighted by Crippen LogP contribution is 2.48. The Balaban J connectivity index is 1.82. The van der Waals surface area contributed by atoms with Crippen LogP contribution in [0.1, 0.15) is 41.4 Å². The second kappa shape index (κ2) is 10.9. The Morgan fingerprint density at radius 2 is 1.76 bits per heavy atom. The summed E-state index contributed by atoms with van der Waals surface area (Å²) < 4.78 is 1.86. The summed E-state index contributed by atoms with van der Waals surface area (Å²) in [5, 5.41) is 7.98. The molecule has 1 N–H and O–H groups in total. The average Bonchev–Trinajstić information content (AvgIpc) is 3.21. The molecule has 1 aliphatic rings. The number of hydrogen-bond donors (Lipinski definition) is 1. The molecule has 6 nitrogen and oxygen atoms in total. The monoisotopic (exact) mass is 524 g/mol. The number of hydrogen-bond acceptors (Lipinski definition) is 4. The molecule has 0 unspecified atom stereocenters. The lowest BCUT2D eigenvalue weighted by Gasteiger charge is -2.24. The molecule has 2 amide bonds. The first-order valence-electron chi connectivity index (χ1n) is 12.9. The zero-order chi connectivity index (χ0) is 26.8. The zero-order valence-electron chi connectivity index (χ0n) is 22.1. The van der Waals surface area contributed by atoms with E-state index in [4.69, 9.17) is 5.10 Å². The molecule has 0 bridgehead atoms. The van der Waals surface area contributed by atoms with Gasteiger partial charge in [0.1, 0.15) is 12.4 Å². The van der Waals surface area contributed by atoms with Crippen LogP contribution in [0.3, 0.4) is 0 Å². The molecule has 5 rings (SSSR count). The Labute approximate surface area is 228 Å². The van der Waals surface area contributed by atoms with E-state index in [1.54, 1.807) is 16.7 Å². The van der Waals surface area contributed by atoms with Gasteiger partial charge in [0.15, 0.2) is 0 Å². The smallest absolute Gasteiger partial charge is 0.240 e. The second-order valence-electron chi connectivity index (χ2n) is 9.96. The Hall–Kier alpha value is -3.84. The zero-order valence-corrected chi connectivity index (χ0v) is 23.0. The molecule has 0 radical (unpaired) electrons. The van der Waals surface area contributed by atoms with Crippen molar-refractivity contribution in [2.24, 2.45) is 0 Å². The molecule has 7 heteroatoms. The molecule has 3 aromatic carbocycles. The number of benzene rings is 3. The van der Waals surface area contributed by atoms with Crippen LogP contribution in [0.5, 0.6) is 0 Å². The van der Waals surface area contributed by atoms with E-state index in [2.05, 4.69) is 36.5 Å². The molecule has 0 fully saturated rings. The molecule has 1 aromatic heterocycles. The largest absolute Gasteiger partial charge is 0.352 e. The SMILES string of the molecule is Cc1cccc([C@H]2SCC(=O)N(CC(=O)NC(C)C)c3c2c(-c2ccccc2)nn3-c2ccccc2C)c1. The first-order valence-corrected chi connectivity index (χ1v) is 13.9. The lowest BCUT2D eigenvalue weighted by Crippen LogP contribution is -2.44. The minimum atomic E-state index is -0.197. The van der Waals surface area contributed by atoms with Crippen molar-refractivity contribution in [2.45, 2.75) is 39.0 Å². The maximum absolute atomic E-state index is 13.7. The molecule has 4 aromatic rings. The number of para-hydroxylation sites is 1. The summed E-state index contributed by atoms with van der Waals surface area (Å²) >= 11 is 1.59. The Kier molecular flexibility index (Phi) is 7.38. The van der Waals surface area contributed by atoms with Crippen molar-refractivity contribution in [1.29, 1.82) is 0 Å². The summed E-state index contributed by atoms with van der Waals surface area (Å²) in [6.45, 7) is 7.88. The lowest BCUT2D eigenvalue weighted by molar-refractivity contribution is -0.123. The molecular weight excluding hydrogens is 492 g/mol. The van der Waals surface area contributed by atoms with Gasteiger partial charge in [0.25, 0.3) is 0 Å². The third-order valence-electron chi connectivity index (χ3n) is 6.58. The minimum Gasteiger partial charge on any atom is -0.352 e. The topological polar surface area (TPSA) is 67.2 Å². The van der Waals surface area contributed by atoms with Gasteiger partial charge in [0, 0.05) is 17.2 Å². The van der Waals surface area contributed by atoms with Gasteiger partial charge in [-0.1, -0.05) is 78.4 Å². The maximum Gasteiger partial charge on any atom is 0.240 e. The van der Waals surface area contributed by atoms with E-state index in [9.17, 15) is 9.59 Å². The molecule has 0 spiro atoms. The number of carbonyl (C=O) groups is 2. The van der Waals surface area contributed by atoms with Gasteiger partial charge in [-0.05, 0) is 44.9 Å². The number of aromatic nitrogens is 2. The van der Waals surface area contributed by atoms with Gasteiger partial charge >= 0.3 is 0 Å². The number of carbonyl (C=O) groups excluding carboxylic acids is 2. The van der Waals surface area contributed by atoms with Crippen LogP contribution >= 0.6 is 11.8 Å². The molecule has 2 heterocycles. The predicted octanol–water partition coefficient (Wildman–Crippen LogP) is 5.85. The quantitative estimate of drug-likeness (QED) is 0.344. The number of nitrogens with zero attached hydrogens (tertiary/aromatic N) is 3. The fourth-order valence-electron chi connectivity index (χ4n) is 4.91. The third kappa shape index (κ3) is 5.11. The summed E-state index contributed by atoms with van der Waals surface area (Å²) in [6.07, 6.45) is 0. The fourth-order valence-corrected chi connectivity index (χ4v) is 6.09. The number of fused-ring (bicyclic) bond motifs is 1. The van der Waals surface area contributed by atoms with E-state index >= 15 is 0 Å². The van der Waals surface area contributed by atoms with Gasteiger partial charge in [-0.25, -0.2) is 4.68 Å². The van der Waals surface area contributed by atoms with Gasteiger partial charge in [-0.3, -0.25) is 14.5 Å². The van der Waals surface area contributed by atoms with E-state index in [0.717, 1.165) is 39.2 Å². The number of nitrogens with one attached hydrogen (secondary N) is 1. The van der Waals surface area contributed by atoms with E-state index in [-0.39, 0.29) is 35.4 Å². The molecule has 0 aliphatic carbocycles. The standard InChI is InChI=1S/C31H32N4O2S/c1-20(2)32-26(36)18-34-27(37)19-38-30(24-15-10-11-21(3)17-24)28-29(23-13-6-5-7-14-23)33-35(31(28)34)25-16-9-8-12-22(25)4/h5-17,20,30H,18-19H2,1-4H3,(H,32,36)/t30-/m1/s1. The van der Waals surface area contributed by atoms with Crippen LogP contribution < -0.4 is 10.2 Å². The van der Waals surface area contributed by atoms with Crippen molar-refractivity contribution < 1.29 is 9.59 Å². The summed E-state index contributed by atoms with van der Waals surface area (Å²) in [5.41, 5.74) is 6.89. The third-order valence-corrected chi connectivity index (χ3v) is 7.83. The predicted molar refractivity (Wildman–Crippen MR) is 155 cm³/mol. The van der Waals surface area contributed by atoms with Gasteiger partial charge in [0.2, 0.25) is 11.8 Å². The fraction of sp³-hybridized carbons (Fsp3) is 0.258. The van der Waals surface area contributed by atoms with Crippen LogP contribution in [0.2, 0.25) is 0 Å². The summed E-state index contributed by atoms with van der Waals surface area (Å²) in [5.74, 6) is 0.597. The summed E-state index contributed by atoms with van der Waals surface area (Å²) in [7, 11) is 0. The first kappa shape index (κ1) is 25.8. The van der Waals surface area contributed by atoms with Gasteiger partial charge < -0.3 is 5.32 Å². The van der Waals surface area contributed by atoms with E-state index in [1.807, 2.05) is 80.1 Å². The van der Waals surface area contributed by atoms with Crippen LogP contribution in [0.15, 0.2) is 78.9 Å².